The zero-order valence-corrected chi connectivity index (χ0v) is 17.5. The fraction of sp³-hybridized carbons (Fsp3) is 0.522. The van der Waals surface area contributed by atoms with Crippen LogP contribution in [-0.2, 0) is 0 Å². The topological polar surface area (TPSA) is 87.3 Å². The molecule has 7 heteroatoms. The Morgan fingerprint density at radius 1 is 1.17 bits per heavy atom. The van der Waals surface area contributed by atoms with Gasteiger partial charge in [0, 0.05) is 30.6 Å². The number of hydrogen-bond donors (Lipinski definition) is 2. The molecule has 0 atom stereocenters. The van der Waals surface area contributed by atoms with E-state index in [1.165, 1.54) is 45.1 Å². The third kappa shape index (κ3) is 4.61. The van der Waals surface area contributed by atoms with Crippen LogP contribution in [0.5, 0.6) is 0 Å². The molecule has 1 saturated carbocycles. The van der Waals surface area contributed by atoms with Crippen LogP contribution < -0.4 is 10.2 Å². The van der Waals surface area contributed by atoms with Crippen molar-refractivity contribution in [2.75, 3.05) is 18.0 Å². The second kappa shape index (κ2) is 9.08. The number of benzene rings is 1. The van der Waals surface area contributed by atoms with E-state index in [9.17, 15) is 4.39 Å². The summed E-state index contributed by atoms with van der Waals surface area (Å²) >= 11 is 0. The Morgan fingerprint density at radius 2 is 1.87 bits per heavy atom. The number of amidine groups is 1. The lowest BCUT2D eigenvalue weighted by atomic mass is 9.93. The van der Waals surface area contributed by atoms with E-state index < -0.39 is 0 Å². The molecule has 1 saturated heterocycles. The van der Waals surface area contributed by atoms with Gasteiger partial charge in [-0.2, -0.15) is 4.99 Å². The van der Waals surface area contributed by atoms with Gasteiger partial charge in [-0.05, 0) is 50.8 Å². The number of nitrogens with one attached hydrogen (secondary N) is 2. The molecule has 4 N–H and O–H groups in total. The van der Waals surface area contributed by atoms with Crippen LogP contribution in [0.3, 0.4) is 0 Å². The number of piperidine rings is 1. The van der Waals surface area contributed by atoms with E-state index in [0.717, 1.165) is 25.9 Å². The summed E-state index contributed by atoms with van der Waals surface area (Å²) in [5, 5.41) is 20.2. The average Bonchev–Trinajstić information content (AvgIpc) is 2.74. The molecule has 1 aliphatic carbocycles. The highest BCUT2D eigenvalue weighted by Crippen LogP contribution is 2.28. The van der Waals surface area contributed by atoms with Crippen LogP contribution in [0.1, 0.15) is 57.4 Å². The van der Waals surface area contributed by atoms with Crippen molar-refractivity contribution >= 4 is 28.5 Å². The summed E-state index contributed by atoms with van der Waals surface area (Å²) in [5.74, 6) is 0.314. The van der Waals surface area contributed by atoms with Gasteiger partial charge in [0.25, 0.3) is 0 Å². The molecule has 4 rings (SSSR count). The maximum atomic E-state index is 14.3. The van der Waals surface area contributed by atoms with Gasteiger partial charge in [-0.3, -0.25) is 5.41 Å². The highest BCUT2D eigenvalue weighted by atomic mass is 19.1. The SMILES string of the molecule is CC(=N)N=C([OH2+])c1cc2c(F)cccc2nc1N1CCC(NC2CCCCC2)CC1. The van der Waals surface area contributed by atoms with Crippen LogP contribution >= 0.6 is 0 Å². The van der Waals surface area contributed by atoms with Gasteiger partial charge in [0.05, 0.1) is 5.52 Å². The van der Waals surface area contributed by atoms with E-state index in [4.69, 9.17) is 15.5 Å². The van der Waals surface area contributed by atoms with Crippen LogP contribution in [0, 0.1) is 11.2 Å². The number of rotatable bonds is 4. The molecular weight excluding hydrogens is 381 g/mol. The normalized spacial score (nSPS) is 19.4. The second-order valence-corrected chi connectivity index (χ2v) is 8.47. The maximum Gasteiger partial charge on any atom is 0.369 e. The lowest BCUT2D eigenvalue weighted by Gasteiger charge is -2.36. The van der Waals surface area contributed by atoms with Gasteiger partial charge < -0.3 is 15.3 Å². The largest absolute Gasteiger partial charge is 0.578 e. The van der Waals surface area contributed by atoms with E-state index in [-0.39, 0.29) is 17.6 Å². The Kier molecular flexibility index (Phi) is 6.27. The van der Waals surface area contributed by atoms with Crippen LogP contribution in [0.4, 0.5) is 10.2 Å². The van der Waals surface area contributed by atoms with Gasteiger partial charge in [-0.25, -0.2) is 9.37 Å². The van der Waals surface area contributed by atoms with E-state index in [1.54, 1.807) is 18.2 Å². The molecule has 2 heterocycles. The molecule has 30 heavy (non-hydrogen) atoms. The number of aliphatic imine (C=N–C) groups is 1. The van der Waals surface area contributed by atoms with E-state index >= 15 is 0 Å². The molecule has 0 bridgehead atoms. The van der Waals surface area contributed by atoms with Crippen LogP contribution in [0.2, 0.25) is 0 Å². The third-order valence-electron chi connectivity index (χ3n) is 6.19. The smallest absolute Gasteiger partial charge is 0.369 e. The number of aromatic nitrogens is 1. The van der Waals surface area contributed by atoms with Gasteiger partial charge in [-0.1, -0.05) is 25.3 Å². The van der Waals surface area contributed by atoms with Crippen molar-refractivity contribution in [1.82, 2.24) is 10.3 Å². The molecule has 2 aromatic rings. The molecule has 2 fully saturated rings. The maximum absolute atomic E-state index is 14.3. The van der Waals surface area contributed by atoms with Crippen LogP contribution in [0.15, 0.2) is 29.3 Å². The first-order chi connectivity index (χ1) is 14.5. The van der Waals surface area contributed by atoms with Crippen molar-refractivity contribution in [3.05, 3.63) is 35.6 Å². The minimum Gasteiger partial charge on any atom is -0.578 e. The minimum atomic E-state index is -0.359. The summed E-state index contributed by atoms with van der Waals surface area (Å²) in [6.07, 6.45) is 8.62. The molecule has 1 aromatic carbocycles. The summed E-state index contributed by atoms with van der Waals surface area (Å²) in [6.45, 7) is 3.20. The summed E-state index contributed by atoms with van der Waals surface area (Å²) in [4.78, 5) is 10.9. The van der Waals surface area contributed by atoms with Gasteiger partial charge >= 0.3 is 5.90 Å². The number of anilines is 1. The number of fused-ring (bicyclic) bond motifs is 1. The Balaban J connectivity index is 1.57. The predicted octanol–water partition coefficient (Wildman–Crippen LogP) is 3.73. The Morgan fingerprint density at radius 3 is 2.57 bits per heavy atom. The first-order valence-corrected chi connectivity index (χ1v) is 11.0. The van der Waals surface area contributed by atoms with Crippen LogP contribution in [-0.4, -0.2) is 47.0 Å². The number of hydrogen-bond acceptors (Lipinski definition) is 4. The number of pyridine rings is 1. The zero-order valence-electron chi connectivity index (χ0n) is 17.5. The van der Waals surface area contributed by atoms with E-state index in [1.807, 2.05) is 0 Å². The molecule has 0 unspecified atom stereocenters. The molecule has 160 valence electrons. The van der Waals surface area contributed by atoms with Crippen molar-refractivity contribution < 1.29 is 9.50 Å². The fourth-order valence-corrected chi connectivity index (χ4v) is 4.65. The average molecular weight is 413 g/mol. The lowest BCUT2D eigenvalue weighted by Crippen LogP contribution is -2.47. The van der Waals surface area contributed by atoms with Crippen molar-refractivity contribution in [2.24, 2.45) is 4.99 Å². The zero-order chi connectivity index (χ0) is 21.1. The molecule has 0 spiro atoms. The Hall–Kier alpha value is -2.54. The lowest BCUT2D eigenvalue weighted by molar-refractivity contribution is 0.307. The first kappa shape index (κ1) is 20.7. The van der Waals surface area contributed by atoms with E-state index in [0.29, 0.717) is 34.4 Å². The Bertz CT molecular complexity index is 946. The van der Waals surface area contributed by atoms with Crippen molar-refractivity contribution in [1.29, 1.82) is 5.41 Å². The molecule has 2 aliphatic rings. The van der Waals surface area contributed by atoms with Crippen molar-refractivity contribution in [3.63, 3.8) is 0 Å². The monoisotopic (exact) mass is 412 g/mol. The highest BCUT2D eigenvalue weighted by Gasteiger charge is 2.27. The second-order valence-electron chi connectivity index (χ2n) is 8.47. The number of nitrogens with zero attached hydrogens (tertiary/aromatic N) is 3. The van der Waals surface area contributed by atoms with Gasteiger partial charge in [-0.15, -0.1) is 0 Å². The summed E-state index contributed by atoms with van der Waals surface area (Å²) in [5.41, 5.74) is 1.06. The molecule has 6 nitrogen and oxygen atoms in total. The molecule has 0 amide bonds. The first-order valence-electron chi connectivity index (χ1n) is 11.0. The van der Waals surface area contributed by atoms with E-state index in [2.05, 4.69) is 15.2 Å². The van der Waals surface area contributed by atoms with Gasteiger partial charge in [0.1, 0.15) is 23.0 Å². The van der Waals surface area contributed by atoms with Gasteiger partial charge in [0.2, 0.25) is 0 Å². The summed E-state index contributed by atoms with van der Waals surface area (Å²) in [6, 6.07) is 7.68. The quantitative estimate of drug-likeness (QED) is 0.456. The van der Waals surface area contributed by atoms with Crippen molar-refractivity contribution in [3.8, 4) is 0 Å². The van der Waals surface area contributed by atoms with Crippen molar-refractivity contribution in [2.45, 2.75) is 64.0 Å². The minimum absolute atomic E-state index is 0.0439. The number of halogens is 1. The summed E-state index contributed by atoms with van der Waals surface area (Å²) in [7, 11) is 0. The third-order valence-corrected chi connectivity index (χ3v) is 6.19. The van der Waals surface area contributed by atoms with Gasteiger partial charge in [0.15, 0.2) is 0 Å². The Labute approximate surface area is 176 Å². The molecule has 1 aliphatic heterocycles. The van der Waals surface area contributed by atoms with Crippen LogP contribution in [0.25, 0.3) is 10.9 Å². The summed E-state index contributed by atoms with van der Waals surface area (Å²) < 4.78 is 14.3. The molecule has 0 radical (unpaired) electrons. The standard InChI is InChI=1S/C23H30FN5O/c1-15(25)26-23(30)19-14-18-20(24)8-5-9-21(18)28-22(19)29-12-10-17(11-13-29)27-16-6-3-2-4-7-16/h5,8-9,14,16-17,27H,2-4,6-7,10-13H2,1H3,(H2,25,26,30)/p+1. The molecular formula is C23H31FN5O+. The highest BCUT2D eigenvalue weighted by molar-refractivity contribution is 6.05. The molecule has 1 aromatic heterocycles. The predicted molar refractivity (Wildman–Crippen MR) is 120 cm³/mol. The fourth-order valence-electron chi connectivity index (χ4n) is 4.65.